The van der Waals surface area contributed by atoms with Crippen molar-refractivity contribution < 1.29 is 9.21 Å². The maximum atomic E-state index is 12.4. The van der Waals surface area contributed by atoms with Gasteiger partial charge in [-0.15, -0.1) is 11.3 Å². The molecule has 0 aliphatic rings. The molecule has 0 N–H and O–H groups in total. The molecule has 108 valence electrons. The maximum Gasteiger partial charge on any atom is 0.211 e. The summed E-state index contributed by atoms with van der Waals surface area (Å²) < 4.78 is 5.63. The van der Waals surface area contributed by atoms with Crippen molar-refractivity contribution in [2.75, 3.05) is 13.6 Å². The highest BCUT2D eigenvalue weighted by molar-refractivity contribution is 7.10. The van der Waals surface area contributed by atoms with Crippen LogP contribution in [0.3, 0.4) is 0 Å². The number of carbonyl (C=O) groups is 1. The molecule has 0 aliphatic heterocycles. The van der Waals surface area contributed by atoms with Crippen molar-refractivity contribution in [2.45, 2.75) is 13.0 Å². The van der Waals surface area contributed by atoms with Gasteiger partial charge in [-0.05, 0) is 37.6 Å². The van der Waals surface area contributed by atoms with E-state index in [1.165, 1.54) is 4.88 Å². The number of Topliss-reactive ketones (excluding diaryl/α,β-unsaturated/α-hetero) is 1. The van der Waals surface area contributed by atoms with E-state index in [9.17, 15) is 4.79 Å². The third kappa shape index (κ3) is 2.91. The lowest BCUT2D eigenvalue weighted by molar-refractivity contribution is 0.0900. The summed E-state index contributed by atoms with van der Waals surface area (Å²) in [6.07, 6.45) is 0. The number of nitrogens with zero attached hydrogens (tertiary/aromatic N) is 1. The molecule has 2 heterocycles. The minimum atomic E-state index is 0.0112. The molecule has 0 saturated heterocycles. The fourth-order valence-electron chi connectivity index (χ4n) is 2.31. The van der Waals surface area contributed by atoms with Crippen molar-refractivity contribution in [2.24, 2.45) is 0 Å². The lowest BCUT2D eigenvalue weighted by Crippen LogP contribution is -2.28. The number of fused-ring (bicyclic) bond motifs is 1. The molecular formula is C17H17NO2S. The molecule has 3 aromatic rings. The monoisotopic (exact) mass is 299 g/mol. The molecule has 1 aromatic carbocycles. The van der Waals surface area contributed by atoms with Crippen molar-refractivity contribution in [3.63, 3.8) is 0 Å². The van der Waals surface area contributed by atoms with Crippen molar-refractivity contribution in [1.82, 2.24) is 4.90 Å². The summed E-state index contributed by atoms with van der Waals surface area (Å²) in [4.78, 5) is 15.7. The lowest BCUT2D eigenvalue weighted by Gasteiger charge is -2.22. The number of thiophene rings is 1. The van der Waals surface area contributed by atoms with Crippen LogP contribution in [0.15, 0.2) is 52.3 Å². The Morgan fingerprint density at radius 3 is 2.81 bits per heavy atom. The van der Waals surface area contributed by atoms with E-state index in [0.29, 0.717) is 12.3 Å². The van der Waals surface area contributed by atoms with Crippen molar-refractivity contribution >= 4 is 28.1 Å². The Morgan fingerprint density at radius 2 is 2.10 bits per heavy atom. The van der Waals surface area contributed by atoms with E-state index in [1.807, 2.05) is 48.3 Å². The number of carbonyl (C=O) groups excluding carboxylic acids is 1. The van der Waals surface area contributed by atoms with Crippen molar-refractivity contribution in [3.8, 4) is 0 Å². The van der Waals surface area contributed by atoms with Crippen LogP contribution in [0.2, 0.25) is 0 Å². The summed E-state index contributed by atoms with van der Waals surface area (Å²) >= 11 is 1.71. The molecule has 0 amide bonds. The Kier molecular flexibility index (Phi) is 3.90. The molecule has 0 bridgehead atoms. The maximum absolute atomic E-state index is 12.4. The van der Waals surface area contributed by atoms with Gasteiger partial charge in [-0.3, -0.25) is 9.69 Å². The number of ketones is 1. The largest absolute Gasteiger partial charge is 0.453 e. The molecule has 0 aliphatic carbocycles. The zero-order valence-electron chi connectivity index (χ0n) is 12.1. The average molecular weight is 299 g/mol. The predicted molar refractivity (Wildman–Crippen MR) is 85.9 cm³/mol. The summed E-state index contributed by atoms with van der Waals surface area (Å²) in [7, 11) is 1.96. The van der Waals surface area contributed by atoms with Crippen LogP contribution >= 0.6 is 11.3 Å². The highest BCUT2D eigenvalue weighted by Gasteiger charge is 2.19. The number of hydrogen-bond donors (Lipinski definition) is 0. The molecular weight excluding hydrogens is 282 g/mol. The fraction of sp³-hybridized carbons (Fsp3) is 0.235. The lowest BCUT2D eigenvalue weighted by atomic mass is 10.2. The van der Waals surface area contributed by atoms with E-state index in [2.05, 4.69) is 18.4 Å². The normalized spacial score (nSPS) is 12.9. The van der Waals surface area contributed by atoms with E-state index in [4.69, 9.17) is 4.42 Å². The molecule has 3 nitrogen and oxygen atoms in total. The van der Waals surface area contributed by atoms with Crippen LogP contribution in [0.25, 0.3) is 11.0 Å². The van der Waals surface area contributed by atoms with Crippen LogP contribution in [0.5, 0.6) is 0 Å². The van der Waals surface area contributed by atoms with Gasteiger partial charge in [-0.2, -0.15) is 0 Å². The molecule has 0 saturated carbocycles. The van der Waals surface area contributed by atoms with Gasteiger partial charge in [0.1, 0.15) is 5.58 Å². The van der Waals surface area contributed by atoms with Gasteiger partial charge >= 0.3 is 0 Å². The average Bonchev–Trinajstić information content (AvgIpc) is 3.15. The fourth-order valence-corrected chi connectivity index (χ4v) is 3.16. The van der Waals surface area contributed by atoms with E-state index in [1.54, 1.807) is 11.3 Å². The molecule has 0 radical (unpaired) electrons. The van der Waals surface area contributed by atoms with Gasteiger partial charge in [0.15, 0.2) is 5.76 Å². The number of likely N-dealkylation sites (N-methyl/N-ethyl adjacent to an activating group) is 1. The second-order valence-corrected chi connectivity index (χ2v) is 6.16. The number of para-hydroxylation sites is 1. The first-order valence-electron chi connectivity index (χ1n) is 6.90. The molecule has 0 spiro atoms. The van der Waals surface area contributed by atoms with Gasteiger partial charge in [0.05, 0.1) is 6.54 Å². The SMILES string of the molecule is CC(c1cccs1)N(C)CC(=O)c1cc2ccccc2o1. The topological polar surface area (TPSA) is 33.5 Å². The molecule has 0 fully saturated rings. The van der Waals surface area contributed by atoms with Crippen LogP contribution in [0.4, 0.5) is 0 Å². The third-order valence-electron chi connectivity index (χ3n) is 3.71. The Balaban J connectivity index is 1.73. The van der Waals surface area contributed by atoms with Crippen LogP contribution < -0.4 is 0 Å². The van der Waals surface area contributed by atoms with Gasteiger partial charge in [0, 0.05) is 16.3 Å². The highest BCUT2D eigenvalue weighted by atomic mass is 32.1. The summed E-state index contributed by atoms with van der Waals surface area (Å²) in [6, 6.07) is 13.8. The molecule has 3 rings (SSSR count). The minimum absolute atomic E-state index is 0.0112. The first-order valence-corrected chi connectivity index (χ1v) is 7.78. The van der Waals surface area contributed by atoms with Crippen molar-refractivity contribution in [1.29, 1.82) is 0 Å². The van der Waals surface area contributed by atoms with Crippen LogP contribution in [0, 0.1) is 0 Å². The second kappa shape index (κ2) is 5.84. The third-order valence-corrected chi connectivity index (χ3v) is 4.75. The second-order valence-electron chi connectivity index (χ2n) is 5.18. The minimum Gasteiger partial charge on any atom is -0.453 e. The summed E-state index contributed by atoms with van der Waals surface area (Å²) in [5, 5.41) is 3.02. The van der Waals surface area contributed by atoms with Crippen LogP contribution in [-0.4, -0.2) is 24.3 Å². The Hall–Kier alpha value is -1.91. The Bertz CT molecular complexity index is 712. The van der Waals surface area contributed by atoms with E-state index in [-0.39, 0.29) is 11.8 Å². The summed E-state index contributed by atoms with van der Waals surface area (Å²) in [5.41, 5.74) is 0.759. The summed E-state index contributed by atoms with van der Waals surface area (Å²) in [5.74, 6) is 0.443. The number of hydrogen-bond acceptors (Lipinski definition) is 4. The number of benzene rings is 1. The Labute approximate surface area is 127 Å². The van der Waals surface area contributed by atoms with E-state index < -0.39 is 0 Å². The molecule has 4 heteroatoms. The molecule has 21 heavy (non-hydrogen) atoms. The smallest absolute Gasteiger partial charge is 0.211 e. The summed E-state index contributed by atoms with van der Waals surface area (Å²) in [6.45, 7) is 2.45. The van der Waals surface area contributed by atoms with Gasteiger partial charge in [0.25, 0.3) is 0 Å². The van der Waals surface area contributed by atoms with Crippen LogP contribution in [0.1, 0.15) is 28.4 Å². The van der Waals surface area contributed by atoms with Gasteiger partial charge < -0.3 is 4.42 Å². The Morgan fingerprint density at radius 1 is 1.29 bits per heavy atom. The van der Waals surface area contributed by atoms with Gasteiger partial charge in [-0.25, -0.2) is 0 Å². The van der Waals surface area contributed by atoms with E-state index in [0.717, 1.165) is 11.0 Å². The van der Waals surface area contributed by atoms with Gasteiger partial charge in [0.2, 0.25) is 5.78 Å². The zero-order valence-corrected chi connectivity index (χ0v) is 12.9. The molecule has 1 unspecified atom stereocenters. The molecule has 2 aromatic heterocycles. The zero-order chi connectivity index (χ0) is 14.8. The highest BCUT2D eigenvalue weighted by Crippen LogP contribution is 2.24. The van der Waals surface area contributed by atoms with E-state index >= 15 is 0 Å². The van der Waals surface area contributed by atoms with Gasteiger partial charge in [-0.1, -0.05) is 24.3 Å². The standard InChI is InChI=1S/C17H17NO2S/c1-12(17-8-5-9-21-17)18(2)11-14(19)16-10-13-6-3-4-7-15(13)20-16/h3-10,12H,11H2,1-2H3. The quantitative estimate of drug-likeness (QED) is 0.656. The van der Waals surface area contributed by atoms with Crippen LogP contribution in [-0.2, 0) is 0 Å². The number of furan rings is 1. The molecule has 1 atom stereocenters. The van der Waals surface area contributed by atoms with Crippen molar-refractivity contribution in [3.05, 3.63) is 58.5 Å². The predicted octanol–water partition coefficient (Wildman–Crippen LogP) is 4.37. The number of rotatable bonds is 5. The first-order chi connectivity index (χ1) is 10.1. The first kappa shape index (κ1) is 14.0.